The summed E-state index contributed by atoms with van der Waals surface area (Å²) < 4.78 is 1.83. The number of hydrogen-bond acceptors (Lipinski definition) is 5. The highest BCUT2D eigenvalue weighted by Gasteiger charge is 2.12. The van der Waals surface area contributed by atoms with E-state index in [-0.39, 0.29) is 5.56 Å². The van der Waals surface area contributed by atoms with Crippen LogP contribution in [-0.2, 0) is 5.75 Å². The largest absolute Gasteiger partial charge is 0.478 e. The van der Waals surface area contributed by atoms with Gasteiger partial charge < -0.3 is 5.11 Å². The lowest BCUT2D eigenvalue weighted by Gasteiger charge is -2.02. The second-order valence-corrected chi connectivity index (χ2v) is 4.97. The maximum atomic E-state index is 11.1. The lowest BCUT2D eigenvalue weighted by atomic mass is 10.3. The minimum absolute atomic E-state index is 0.208. The highest BCUT2D eigenvalue weighted by Crippen LogP contribution is 2.23. The number of nitrogens with zero attached hydrogens (tertiary/aromatic N) is 4. The maximum absolute atomic E-state index is 11.1. The highest BCUT2D eigenvalue weighted by atomic mass is 32.2. The van der Waals surface area contributed by atoms with Crippen molar-refractivity contribution in [3.63, 3.8) is 0 Å². The summed E-state index contributed by atoms with van der Waals surface area (Å²) in [5.41, 5.74) is 1.04. The predicted octanol–water partition coefficient (Wildman–Crippen LogP) is 2.11. The van der Waals surface area contributed by atoms with Crippen molar-refractivity contribution in [1.29, 1.82) is 0 Å². The van der Waals surface area contributed by atoms with Crippen LogP contribution in [0.4, 0.5) is 0 Å². The average Bonchev–Trinajstić information content (AvgIpc) is 2.88. The Morgan fingerprint density at radius 2 is 2.15 bits per heavy atom. The number of imidazole rings is 1. The van der Waals surface area contributed by atoms with Gasteiger partial charge in [-0.05, 0) is 18.2 Å². The van der Waals surface area contributed by atoms with Crippen LogP contribution in [-0.4, -0.2) is 30.4 Å². The van der Waals surface area contributed by atoms with E-state index in [4.69, 9.17) is 5.11 Å². The van der Waals surface area contributed by atoms with Gasteiger partial charge in [-0.2, -0.15) is 0 Å². The van der Waals surface area contributed by atoms with Crippen molar-refractivity contribution < 1.29 is 9.90 Å². The summed E-state index contributed by atoms with van der Waals surface area (Å²) >= 11 is 1.35. The van der Waals surface area contributed by atoms with Crippen LogP contribution in [0.15, 0.2) is 48.0 Å². The van der Waals surface area contributed by atoms with Crippen LogP contribution < -0.4 is 0 Å². The first kappa shape index (κ1) is 12.6. The van der Waals surface area contributed by atoms with Gasteiger partial charge in [-0.25, -0.2) is 19.7 Å². The molecule has 3 aromatic rings. The molecule has 3 aromatic heterocycles. The smallest absolute Gasteiger partial charge is 0.338 e. The van der Waals surface area contributed by atoms with E-state index in [0.29, 0.717) is 16.6 Å². The van der Waals surface area contributed by atoms with Gasteiger partial charge in [0.05, 0.1) is 11.3 Å². The van der Waals surface area contributed by atoms with Gasteiger partial charge in [0, 0.05) is 30.5 Å². The summed E-state index contributed by atoms with van der Waals surface area (Å²) in [6.07, 6.45) is 7.01. The normalized spacial score (nSPS) is 10.8. The van der Waals surface area contributed by atoms with Crippen molar-refractivity contribution in [3.8, 4) is 0 Å². The van der Waals surface area contributed by atoms with E-state index in [0.717, 1.165) is 5.69 Å². The fourth-order valence-electron chi connectivity index (χ4n) is 1.76. The Kier molecular flexibility index (Phi) is 3.34. The summed E-state index contributed by atoms with van der Waals surface area (Å²) in [6, 6.07) is 4.98. The molecule has 0 aromatic carbocycles. The SMILES string of the molecule is O=C(O)c1cccnc1SCc1cn2cccnc2n1. The van der Waals surface area contributed by atoms with E-state index in [2.05, 4.69) is 15.0 Å². The van der Waals surface area contributed by atoms with Gasteiger partial charge in [0.1, 0.15) is 5.03 Å². The van der Waals surface area contributed by atoms with Gasteiger partial charge in [0.2, 0.25) is 5.78 Å². The lowest BCUT2D eigenvalue weighted by molar-refractivity contribution is 0.0692. The third kappa shape index (κ3) is 2.48. The van der Waals surface area contributed by atoms with Gasteiger partial charge in [-0.15, -0.1) is 0 Å². The molecule has 0 spiro atoms. The van der Waals surface area contributed by atoms with Crippen molar-refractivity contribution in [2.24, 2.45) is 0 Å². The van der Waals surface area contributed by atoms with Gasteiger partial charge in [-0.3, -0.25) is 4.40 Å². The number of carbonyl (C=O) groups is 1. The van der Waals surface area contributed by atoms with Crippen molar-refractivity contribution in [1.82, 2.24) is 19.4 Å². The molecule has 3 rings (SSSR count). The Morgan fingerprint density at radius 1 is 1.30 bits per heavy atom. The molecular weight excluding hydrogens is 276 g/mol. The maximum Gasteiger partial charge on any atom is 0.338 e. The molecule has 7 heteroatoms. The van der Waals surface area contributed by atoms with Crippen molar-refractivity contribution in [2.45, 2.75) is 10.8 Å². The topological polar surface area (TPSA) is 80.4 Å². The Balaban J connectivity index is 1.81. The molecule has 20 heavy (non-hydrogen) atoms. The van der Waals surface area contributed by atoms with Crippen LogP contribution in [0.5, 0.6) is 0 Å². The molecule has 3 heterocycles. The number of fused-ring (bicyclic) bond motifs is 1. The molecule has 1 N–H and O–H groups in total. The Hall–Kier alpha value is -2.41. The van der Waals surface area contributed by atoms with E-state index in [9.17, 15) is 4.79 Å². The highest BCUT2D eigenvalue weighted by molar-refractivity contribution is 7.98. The predicted molar refractivity (Wildman–Crippen MR) is 73.7 cm³/mol. The second-order valence-electron chi connectivity index (χ2n) is 4.01. The van der Waals surface area contributed by atoms with Crippen LogP contribution in [0.1, 0.15) is 16.1 Å². The van der Waals surface area contributed by atoms with Crippen LogP contribution in [0.25, 0.3) is 5.78 Å². The fraction of sp³-hybridized carbons (Fsp3) is 0.0769. The fourth-order valence-corrected chi connectivity index (χ4v) is 2.63. The zero-order chi connectivity index (χ0) is 13.9. The van der Waals surface area contributed by atoms with Crippen LogP contribution >= 0.6 is 11.8 Å². The Morgan fingerprint density at radius 3 is 2.95 bits per heavy atom. The number of carboxylic acids is 1. The van der Waals surface area contributed by atoms with Crippen LogP contribution in [0.3, 0.4) is 0 Å². The first-order chi connectivity index (χ1) is 9.74. The molecule has 0 saturated carbocycles. The molecule has 100 valence electrons. The Labute approximate surface area is 118 Å². The van der Waals surface area contributed by atoms with E-state index in [1.54, 1.807) is 24.5 Å². The zero-order valence-corrected chi connectivity index (χ0v) is 11.1. The molecular formula is C13H10N4O2S. The number of aromatic nitrogens is 4. The Bertz CT molecular complexity index is 739. The summed E-state index contributed by atoms with van der Waals surface area (Å²) in [4.78, 5) is 23.7. The van der Waals surface area contributed by atoms with Gasteiger partial charge in [0.25, 0.3) is 0 Å². The molecule has 0 aliphatic heterocycles. The summed E-state index contributed by atoms with van der Waals surface area (Å²) in [7, 11) is 0. The molecule has 0 amide bonds. The van der Waals surface area contributed by atoms with E-state index >= 15 is 0 Å². The molecule has 6 nitrogen and oxygen atoms in total. The average molecular weight is 286 g/mol. The molecule has 0 fully saturated rings. The van der Waals surface area contributed by atoms with E-state index in [1.165, 1.54) is 11.8 Å². The summed E-state index contributed by atoms with van der Waals surface area (Å²) in [5, 5.41) is 9.58. The number of rotatable bonds is 4. The van der Waals surface area contributed by atoms with E-state index < -0.39 is 5.97 Å². The number of carboxylic acid groups (broad SMARTS) is 1. The van der Waals surface area contributed by atoms with Gasteiger partial charge in [0.15, 0.2) is 0 Å². The summed E-state index contributed by atoms with van der Waals surface area (Å²) in [5.74, 6) is 0.195. The van der Waals surface area contributed by atoms with Gasteiger partial charge >= 0.3 is 5.97 Å². The standard InChI is InChI=1S/C13H10N4O2S/c18-12(19)10-3-1-4-14-11(10)20-8-9-7-17-6-2-5-15-13(17)16-9/h1-7H,8H2,(H,18,19). The number of hydrogen-bond donors (Lipinski definition) is 1. The minimum atomic E-state index is -0.975. The monoisotopic (exact) mass is 286 g/mol. The molecule has 0 unspecified atom stereocenters. The van der Waals surface area contributed by atoms with Crippen LogP contribution in [0, 0.1) is 0 Å². The molecule has 0 aliphatic carbocycles. The lowest BCUT2D eigenvalue weighted by Crippen LogP contribution is -2.00. The number of thioether (sulfide) groups is 1. The first-order valence-electron chi connectivity index (χ1n) is 5.84. The zero-order valence-electron chi connectivity index (χ0n) is 10.3. The molecule has 0 saturated heterocycles. The third-order valence-corrected chi connectivity index (χ3v) is 3.68. The van der Waals surface area contributed by atoms with Crippen LogP contribution in [0.2, 0.25) is 0 Å². The molecule has 0 atom stereocenters. The number of pyridine rings is 1. The van der Waals surface area contributed by atoms with Crippen molar-refractivity contribution in [2.75, 3.05) is 0 Å². The van der Waals surface area contributed by atoms with Crippen molar-refractivity contribution in [3.05, 3.63) is 54.2 Å². The summed E-state index contributed by atoms with van der Waals surface area (Å²) in [6.45, 7) is 0. The van der Waals surface area contributed by atoms with E-state index in [1.807, 2.05) is 22.9 Å². The number of aromatic carboxylic acids is 1. The minimum Gasteiger partial charge on any atom is -0.478 e. The molecule has 0 radical (unpaired) electrons. The first-order valence-corrected chi connectivity index (χ1v) is 6.82. The molecule has 0 bridgehead atoms. The van der Waals surface area contributed by atoms with Gasteiger partial charge in [-0.1, -0.05) is 11.8 Å². The third-order valence-electron chi connectivity index (χ3n) is 2.64. The quantitative estimate of drug-likeness (QED) is 0.740. The molecule has 0 aliphatic rings. The second kappa shape index (κ2) is 5.30. The van der Waals surface area contributed by atoms with Crippen molar-refractivity contribution >= 4 is 23.5 Å².